The van der Waals surface area contributed by atoms with Crippen LogP contribution in [0.3, 0.4) is 0 Å². The molecule has 11 heteroatoms. The van der Waals surface area contributed by atoms with E-state index in [9.17, 15) is 0 Å². The molecule has 0 aliphatic carbocycles. The van der Waals surface area contributed by atoms with Crippen LogP contribution >= 0.6 is 51.2 Å². The van der Waals surface area contributed by atoms with Crippen LogP contribution in [0.15, 0.2) is 273 Å². The number of benzene rings is 9. The molecular weight excluding hydrogens is 1430 g/mol. The van der Waals surface area contributed by atoms with Crippen LogP contribution < -0.4 is 5.32 Å². The molecule has 107 heavy (non-hydrogen) atoms. The van der Waals surface area contributed by atoms with Gasteiger partial charge in [-0.1, -0.05) is 372 Å². The molecule has 3 aliphatic rings. The zero-order valence-electron chi connectivity index (χ0n) is 68.1. The molecule has 0 bridgehead atoms. The van der Waals surface area contributed by atoms with Gasteiger partial charge in [-0.25, -0.2) is 0 Å². The number of aryl methyl sites for hydroxylation is 3. The largest absolute Gasteiger partial charge is 0.412 e. The van der Waals surface area contributed by atoms with Crippen molar-refractivity contribution in [3.05, 3.63) is 323 Å². The minimum absolute atomic E-state index is 0. The van der Waals surface area contributed by atoms with Crippen LogP contribution in [0.25, 0.3) is 0 Å². The van der Waals surface area contributed by atoms with Gasteiger partial charge in [-0.3, -0.25) is 14.7 Å². The molecule has 0 amide bonds. The van der Waals surface area contributed by atoms with E-state index in [1.165, 1.54) is 204 Å². The molecule has 3 fully saturated rings. The van der Waals surface area contributed by atoms with Gasteiger partial charge in [-0.2, -0.15) is 0 Å². The Morgan fingerprint density at radius 1 is 0.262 bits per heavy atom. The fraction of sp³-hybridized carbons (Fsp3) is 0.438. The van der Waals surface area contributed by atoms with Gasteiger partial charge in [0.15, 0.2) is 0 Å². The van der Waals surface area contributed by atoms with Crippen LogP contribution in [0.2, 0.25) is 0 Å². The third-order valence-corrected chi connectivity index (χ3v) is 22.3. The number of piperazine rings is 3. The summed E-state index contributed by atoms with van der Waals surface area (Å²) < 4.78 is 0. The molecule has 0 aromatic heterocycles. The molecule has 0 atom stereocenters. The third kappa shape index (κ3) is 41.7. The van der Waals surface area contributed by atoms with Crippen molar-refractivity contribution in [1.29, 1.82) is 0 Å². The Morgan fingerprint density at radius 3 is 0.664 bits per heavy atom. The highest BCUT2D eigenvalue weighted by atomic mass is 79.9. The maximum Gasteiger partial charge on any atom is 0.0547 e. The Morgan fingerprint density at radius 2 is 0.449 bits per heavy atom. The standard InChI is InChI=1S/2C28H34N2S.C19H24N2S.C9H11Br.6C2H6.H2O/c2*1-4-11-25(12-5-1)13-10-18-29-19-21-30(22-20-29)23-24-31-28(26-14-6-2-7-15-26)27-16-8-3-9-17-27;1-3-7-17(8-4-1)19(18-9-5-2-6-10-18)22-16-15-21-13-11-20-12-14-21;10-8-4-7-9-5-2-1-3-6-9;6*1-2;/h2*1-9,11-12,14-17,28H,10,13,18-24H2;1-10,19-20H,11-16H2;1-3,5-6H,4,7-8H2;6*1-2H3;1H2. The van der Waals surface area contributed by atoms with Crippen LogP contribution in [0.4, 0.5) is 0 Å². The molecule has 9 aromatic rings. The topological polar surface area (TPSA) is 59.7 Å². The lowest BCUT2D eigenvalue weighted by atomic mass is 10.0. The molecule has 3 aliphatic heterocycles. The third-order valence-electron chi connectivity index (χ3n) is 17.8. The van der Waals surface area contributed by atoms with Gasteiger partial charge in [-0.15, -0.1) is 35.3 Å². The fourth-order valence-corrected chi connectivity index (χ4v) is 16.6. The lowest BCUT2D eigenvalue weighted by molar-refractivity contribution is 0.137. The smallest absolute Gasteiger partial charge is 0.0547 e. The maximum atomic E-state index is 3.42. The average molecular weight is 1570 g/mol. The van der Waals surface area contributed by atoms with Crippen molar-refractivity contribution in [2.75, 3.05) is 134 Å². The molecule has 3 N–H and O–H groups in total. The van der Waals surface area contributed by atoms with E-state index in [1.54, 1.807) is 0 Å². The first-order valence-electron chi connectivity index (χ1n) is 40.8. The second-order valence-corrected chi connectivity index (χ2v) is 29.1. The van der Waals surface area contributed by atoms with Crippen molar-refractivity contribution in [1.82, 2.24) is 29.8 Å². The predicted molar refractivity (Wildman–Crippen MR) is 486 cm³/mol. The summed E-state index contributed by atoms with van der Waals surface area (Å²) in [5, 5.41) is 5.79. The second-order valence-electron chi connectivity index (χ2n) is 24.6. The van der Waals surface area contributed by atoms with Gasteiger partial charge < -0.3 is 20.6 Å². The van der Waals surface area contributed by atoms with Gasteiger partial charge in [0.25, 0.3) is 0 Å². The first-order valence-corrected chi connectivity index (χ1v) is 45.0. The molecule has 7 nitrogen and oxygen atoms in total. The summed E-state index contributed by atoms with van der Waals surface area (Å²) in [6.07, 6.45) is 7.32. The zero-order valence-corrected chi connectivity index (χ0v) is 72.2. The van der Waals surface area contributed by atoms with E-state index in [1.807, 2.05) is 83.1 Å². The summed E-state index contributed by atoms with van der Waals surface area (Å²) in [7, 11) is 0. The molecule has 3 heterocycles. The van der Waals surface area contributed by atoms with Crippen LogP contribution in [-0.2, 0) is 19.3 Å². The minimum Gasteiger partial charge on any atom is -0.412 e. The molecule has 3 saturated heterocycles. The normalized spacial score (nSPS) is 13.5. The number of hydrogen-bond donors (Lipinski definition) is 1. The van der Waals surface area contributed by atoms with Crippen molar-refractivity contribution < 1.29 is 5.48 Å². The Bertz CT molecular complexity index is 3010. The van der Waals surface area contributed by atoms with E-state index in [2.05, 4.69) is 354 Å². The molecular formula is C96H141BrN6OS3. The van der Waals surface area contributed by atoms with Crippen molar-refractivity contribution in [2.24, 2.45) is 0 Å². The zero-order chi connectivity index (χ0) is 76.6. The van der Waals surface area contributed by atoms with Gasteiger partial charge in [0.2, 0.25) is 0 Å². The minimum atomic E-state index is 0. The molecule has 586 valence electrons. The second kappa shape index (κ2) is 67.2. The fourth-order valence-electron chi connectivity index (χ4n) is 12.4. The number of thioether (sulfide) groups is 3. The van der Waals surface area contributed by atoms with Crippen LogP contribution in [0.1, 0.15) is 168 Å². The number of halogens is 1. The number of nitrogens with zero attached hydrogens (tertiary/aromatic N) is 5. The highest BCUT2D eigenvalue weighted by Gasteiger charge is 2.22. The quantitative estimate of drug-likeness (QED) is 0.0462. The Kier molecular flexibility index (Phi) is 61.1. The van der Waals surface area contributed by atoms with E-state index in [-0.39, 0.29) is 5.48 Å². The van der Waals surface area contributed by atoms with E-state index < -0.39 is 0 Å². The number of alkyl halides is 1. The molecule has 0 unspecified atom stereocenters. The lowest BCUT2D eigenvalue weighted by Gasteiger charge is -2.35. The number of hydrogen-bond acceptors (Lipinski definition) is 9. The molecule has 9 aromatic carbocycles. The monoisotopic (exact) mass is 1570 g/mol. The summed E-state index contributed by atoms with van der Waals surface area (Å²) in [4.78, 5) is 13.1. The summed E-state index contributed by atoms with van der Waals surface area (Å²) in [5.74, 6) is 3.51. The van der Waals surface area contributed by atoms with E-state index >= 15 is 0 Å². The lowest BCUT2D eigenvalue weighted by Crippen LogP contribution is -2.47. The van der Waals surface area contributed by atoms with Crippen molar-refractivity contribution in [3.63, 3.8) is 0 Å². The Balaban J connectivity index is 0.000000481. The maximum absolute atomic E-state index is 3.42. The number of rotatable bonds is 29. The van der Waals surface area contributed by atoms with Crippen LogP contribution in [0, 0.1) is 0 Å². The van der Waals surface area contributed by atoms with Gasteiger partial charge in [0, 0.05) is 121 Å². The van der Waals surface area contributed by atoms with E-state index in [0.717, 1.165) is 18.4 Å². The van der Waals surface area contributed by atoms with Gasteiger partial charge >= 0.3 is 0 Å². The summed E-state index contributed by atoms with van der Waals surface area (Å²) in [6, 6.07) is 97.8. The Hall–Kier alpha value is -5.77. The highest BCUT2D eigenvalue weighted by Crippen LogP contribution is 2.38. The van der Waals surface area contributed by atoms with Crippen molar-refractivity contribution in [2.45, 2.75) is 137 Å². The molecule has 0 radical (unpaired) electrons. The SMILES string of the molecule is BrCCCc1ccccc1.CC.CC.CC.CC.CC.CC.O.c1ccc(C(SCCN2CCNCC2)c2ccccc2)cc1.c1ccc(CCCN2CCN(CCSC(c3ccccc3)c3ccccc3)CC2)cc1.c1ccc(CCCN2CCN(CCSC(c3ccccc3)c3ccccc3)CC2)cc1. The summed E-state index contributed by atoms with van der Waals surface area (Å²) in [6.45, 7) is 44.3. The van der Waals surface area contributed by atoms with Crippen LogP contribution in [0.5, 0.6) is 0 Å². The van der Waals surface area contributed by atoms with Crippen molar-refractivity contribution >= 4 is 51.2 Å². The summed E-state index contributed by atoms with van der Waals surface area (Å²) >= 11 is 9.62. The first-order chi connectivity index (χ1) is 52.6. The van der Waals surface area contributed by atoms with E-state index in [0.29, 0.717) is 15.7 Å². The highest BCUT2D eigenvalue weighted by molar-refractivity contribution is 9.09. The average Bonchev–Trinajstić information content (AvgIpc) is 0.870. The first kappa shape index (κ1) is 97.3. The van der Waals surface area contributed by atoms with Gasteiger partial charge in [-0.05, 0) is 102 Å². The molecule has 0 saturated carbocycles. The molecule has 12 rings (SSSR count). The van der Waals surface area contributed by atoms with E-state index in [4.69, 9.17) is 0 Å². The Labute approximate surface area is 675 Å². The predicted octanol–water partition coefficient (Wildman–Crippen LogP) is 23.3. The molecule has 0 spiro atoms. The van der Waals surface area contributed by atoms with Crippen molar-refractivity contribution in [3.8, 4) is 0 Å². The van der Waals surface area contributed by atoms with Crippen LogP contribution in [-0.4, -0.2) is 164 Å². The van der Waals surface area contributed by atoms with Gasteiger partial charge in [0.05, 0.1) is 15.7 Å². The van der Waals surface area contributed by atoms with Gasteiger partial charge in [0.1, 0.15) is 0 Å². The summed E-state index contributed by atoms with van der Waals surface area (Å²) in [5.41, 5.74) is 12.8. The number of nitrogens with one attached hydrogen (secondary N) is 1.